The van der Waals surface area contributed by atoms with Crippen molar-refractivity contribution in [1.29, 1.82) is 0 Å². The molecule has 1 amide bonds. The lowest BCUT2D eigenvalue weighted by Gasteiger charge is -2.13. The molecule has 0 aliphatic rings. The Morgan fingerprint density at radius 1 is 1.53 bits per heavy atom. The Kier molecular flexibility index (Phi) is 3.71. The Morgan fingerprint density at radius 3 is 2.84 bits per heavy atom. The predicted molar refractivity (Wildman–Crippen MR) is 70.0 cm³/mol. The van der Waals surface area contributed by atoms with Crippen LogP contribution in [0, 0.1) is 0 Å². The molecule has 0 saturated carbocycles. The zero-order chi connectivity index (χ0) is 14.0. The van der Waals surface area contributed by atoms with E-state index in [0.29, 0.717) is 11.4 Å². The Balaban J connectivity index is 2.13. The molecule has 1 aromatic carbocycles. The summed E-state index contributed by atoms with van der Waals surface area (Å²) >= 11 is 5.76. The largest absolute Gasteiger partial charge is 0.506 e. The Labute approximate surface area is 115 Å². The van der Waals surface area contributed by atoms with E-state index in [1.165, 1.54) is 18.2 Å². The van der Waals surface area contributed by atoms with Crippen molar-refractivity contribution in [2.75, 3.05) is 0 Å². The monoisotopic (exact) mass is 280 g/mol. The minimum atomic E-state index is -0.294. The first-order valence-electron chi connectivity index (χ1n) is 5.62. The standard InChI is InChI=1S/C12H13ClN4O2/c1-7(11-16-14-6-17(11)2)15-12(19)8-3-4-10(18)9(13)5-8/h3-7,18H,1-2H3,(H,15,19). The van der Waals surface area contributed by atoms with Gasteiger partial charge in [0, 0.05) is 12.6 Å². The molecule has 0 spiro atoms. The van der Waals surface area contributed by atoms with Gasteiger partial charge in [0.2, 0.25) is 0 Å². The number of carbonyl (C=O) groups excluding carboxylic acids is 1. The maximum Gasteiger partial charge on any atom is 0.251 e. The third kappa shape index (κ3) is 2.85. The van der Waals surface area contributed by atoms with Gasteiger partial charge in [-0.25, -0.2) is 0 Å². The van der Waals surface area contributed by atoms with Crippen molar-refractivity contribution in [1.82, 2.24) is 20.1 Å². The SMILES string of the molecule is CC(NC(=O)c1ccc(O)c(Cl)c1)c1nncn1C. The molecule has 0 bridgehead atoms. The zero-order valence-electron chi connectivity index (χ0n) is 10.5. The number of nitrogens with zero attached hydrogens (tertiary/aromatic N) is 3. The van der Waals surface area contributed by atoms with Gasteiger partial charge in [0.1, 0.15) is 12.1 Å². The smallest absolute Gasteiger partial charge is 0.251 e. The fraction of sp³-hybridized carbons (Fsp3) is 0.250. The molecular weight excluding hydrogens is 268 g/mol. The molecule has 0 aliphatic heterocycles. The summed E-state index contributed by atoms with van der Waals surface area (Å²) in [5, 5.41) is 19.9. The quantitative estimate of drug-likeness (QED) is 0.896. The number of carbonyl (C=O) groups is 1. The molecule has 0 fully saturated rings. The van der Waals surface area contributed by atoms with Crippen molar-refractivity contribution in [2.45, 2.75) is 13.0 Å². The van der Waals surface area contributed by atoms with E-state index in [-0.39, 0.29) is 22.7 Å². The number of hydrogen-bond acceptors (Lipinski definition) is 4. The molecule has 100 valence electrons. The maximum atomic E-state index is 12.0. The molecule has 0 saturated heterocycles. The van der Waals surface area contributed by atoms with Crippen LogP contribution in [0.4, 0.5) is 0 Å². The van der Waals surface area contributed by atoms with Crippen molar-refractivity contribution < 1.29 is 9.90 Å². The van der Waals surface area contributed by atoms with Gasteiger partial charge in [-0.3, -0.25) is 4.79 Å². The number of halogens is 1. The topological polar surface area (TPSA) is 80.0 Å². The summed E-state index contributed by atoms with van der Waals surface area (Å²) in [6.07, 6.45) is 1.56. The van der Waals surface area contributed by atoms with Crippen LogP contribution in [0.25, 0.3) is 0 Å². The first-order valence-corrected chi connectivity index (χ1v) is 6.00. The van der Waals surface area contributed by atoms with E-state index in [1.54, 1.807) is 17.9 Å². The first kappa shape index (κ1) is 13.4. The number of aryl methyl sites for hydroxylation is 1. The van der Waals surface area contributed by atoms with Crippen LogP contribution < -0.4 is 5.32 Å². The van der Waals surface area contributed by atoms with Crippen LogP contribution in [0.15, 0.2) is 24.5 Å². The number of rotatable bonds is 3. The van der Waals surface area contributed by atoms with Crippen LogP contribution in [0.3, 0.4) is 0 Å². The van der Waals surface area contributed by atoms with E-state index in [9.17, 15) is 9.90 Å². The van der Waals surface area contributed by atoms with Gasteiger partial charge >= 0.3 is 0 Å². The number of phenolic OH excluding ortho intramolecular Hbond substituents is 1. The molecule has 19 heavy (non-hydrogen) atoms. The average Bonchev–Trinajstić information content (AvgIpc) is 2.79. The molecule has 0 radical (unpaired) electrons. The second-order valence-electron chi connectivity index (χ2n) is 4.16. The highest BCUT2D eigenvalue weighted by atomic mass is 35.5. The van der Waals surface area contributed by atoms with E-state index >= 15 is 0 Å². The van der Waals surface area contributed by atoms with Crippen molar-refractivity contribution in [2.24, 2.45) is 7.05 Å². The Morgan fingerprint density at radius 2 is 2.26 bits per heavy atom. The predicted octanol–water partition coefficient (Wildman–Crippen LogP) is 1.67. The maximum absolute atomic E-state index is 12.0. The highest BCUT2D eigenvalue weighted by Crippen LogP contribution is 2.23. The number of aromatic nitrogens is 3. The van der Waals surface area contributed by atoms with Crippen molar-refractivity contribution in [3.8, 4) is 5.75 Å². The van der Waals surface area contributed by atoms with E-state index in [1.807, 2.05) is 6.92 Å². The van der Waals surface area contributed by atoms with Gasteiger partial charge in [-0.05, 0) is 25.1 Å². The number of benzene rings is 1. The second-order valence-corrected chi connectivity index (χ2v) is 4.57. The minimum Gasteiger partial charge on any atom is -0.506 e. The number of nitrogens with one attached hydrogen (secondary N) is 1. The van der Waals surface area contributed by atoms with Crippen LogP contribution in [0.1, 0.15) is 29.1 Å². The number of aromatic hydroxyl groups is 1. The molecule has 7 heteroatoms. The van der Waals surface area contributed by atoms with Gasteiger partial charge in [0.15, 0.2) is 5.82 Å². The summed E-state index contributed by atoms with van der Waals surface area (Å²) in [5.41, 5.74) is 0.372. The summed E-state index contributed by atoms with van der Waals surface area (Å²) in [7, 11) is 1.80. The highest BCUT2D eigenvalue weighted by molar-refractivity contribution is 6.32. The molecule has 1 heterocycles. The summed E-state index contributed by atoms with van der Waals surface area (Å²) in [6.45, 7) is 1.81. The van der Waals surface area contributed by atoms with Gasteiger partial charge in [-0.1, -0.05) is 11.6 Å². The lowest BCUT2D eigenvalue weighted by atomic mass is 10.2. The van der Waals surface area contributed by atoms with Gasteiger partial charge in [0.25, 0.3) is 5.91 Å². The van der Waals surface area contributed by atoms with Gasteiger partial charge in [-0.2, -0.15) is 0 Å². The van der Waals surface area contributed by atoms with E-state index in [4.69, 9.17) is 11.6 Å². The Bertz CT molecular complexity index is 612. The van der Waals surface area contributed by atoms with Crippen molar-refractivity contribution in [3.63, 3.8) is 0 Å². The van der Waals surface area contributed by atoms with Crippen molar-refractivity contribution >= 4 is 17.5 Å². The summed E-state index contributed by atoms with van der Waals surface area (Å²) in [4.78, 5) is 12.0. The fourth-order valence-corrected chi connectivity index (χ4v) is 1.86. The number of phenols is 1. The molecule has 2 aromatic rings. The molecule has 1 aromatic heterocycles. The van der Waals surface area contributed by atoms with Crippen LogP contribution >= 0.6 is 11.6 Å². The number of amides is 1. The first-order chi connectivity index (χ1) is 8.99. The van der Waals surface area contributed by atoms with E-state index < -0.39 is 0 Å². The fourth-order valence-electron chi connectivity index (χ4n) is 1.68. The molecule has 0 aliphatic carbocycles. The average molecular weight is 281 g/mol. The number of hydrogen-bond donors (Lipinski definition) is 2. The molecule has 2 rings (SSSR count). The van der Waals surface area contributed by atoms with Crippen LogP contribution in [-0.4, -0.2) is 25.8 Å². The molecule has 1 atom stereocenters. The van der Waals surface area contributed by atoms with Crippen LogP contribution in [-0.2, 0) is 7.05 Å². The normalized spacial score (nSPS) is 12.2. The van der Waals surface area contributed by atoms with Crippen molar-refractivity contribution in [3.05, 3.63) is 40.9 Å². The van der Waals surface area contributed by atoms with E-state index in [2.05, 4.69) is 15.5 Å². The lowest BCUT2D eigenvalue weighted by molar-refractivity contribution is 0.0938. The van der Waals surface area contributed by atoms with Crippen LogP contribution in [0.2, 0.25) is 5.02 Å². The summed E-state index contributed by atoms with van der Waals surface area (Å²) in [5.74, 6) is 0.301. The van der Waals surface area contributed by atoms with Crippen LogP contribution in [0.5, 0.6) is 5.75 Å². The Hall–Kier alpha value is -2.08. The minimum absolute atomic E-state index is 0.0560. The van der Waals surface area contributed by atoms with E-state index in [0.717, 1.165) is 0 Å². The lowest BCUT2D eigenvalue weighted by Crippen LogP contribution is -2.28. The summed E-state index contributed by atoms with van der Waals surface area (Å²) in [6, 6.07) is 4.01. The molecular formula is C12H13ClN4O2. The third-order valence-electron chi connectivity index (χ3n) is 2.69. The zero-order valence-corrected chi connectivity index (χ0v) is 11.2. The summed E-state index contributed by atoms with van der Waals surface area (Å²) < 4.78 is 1.73. The molecule has 6 nitrogen and oxygen atoms in total. The van der Waals surface area contributed by atoms with Gasteiger partial charge in [0.05, 0.1) is 11.1 Å². The second kappa shape index (κ2) is 5.27. The molecule has 2 N–H and O–H groups in total. The highest BCUT2D eigenvalue weighted by Gasteiger charge is 2.16. The van der Waals surface area contributed by atoms with Gasteiger partial charge in [-0.15, -0.1) is 10.2 Å². The molecule has 1 unspecified atom stereocenters. The van der Waals surface area contributed by atoms with Gasteiger partial charge < -0.3 is 15.0 Å². The third-order valence-corrected chi connectivity index (χ3v) is 2.99.